The lowest BCUT2D eigenvalue weighted by molar-refractivity contribution is 0.0695. The average molecular weight is 321 g/mol. The van der Waals surface area contributed by atoms with Gasteiger partial charge in [-0.2, -0.15) is 0 Å². The molecule has 0 aliphatic carbocycles. The molecule has 0 bridgehead atoms. The number of H-pyrrole nitrogens is 1. The predicted octanol–water partition coefficient (Wildman–Crippen LogP) is 2.67. The number of carboxylic acid groups (broad SMARTS) is 1. The topological polar surface area (TPSA) is 101 Å². The van der Waals surface area contributed by atoms with Crippen LogP contribution >= 0.6 is 0 Å². The van der Waals surface area contributed by atoms with Gasteiger partial charge in [-0.15, -0.1) is 0 Å². The van der Waals surface area contributed by atoms with Gasteiger partial charge in [0.05, 0.1) is 11.4 Å². The smallest absolute Gasteiger partial charge is 0.341 e. The third kappa shape index (κ3) is 2.11. The van der Waals surface area contributed by atoms with Crippen LogP contribution in [-0.2, 0) is 0 Å². The van der Waals surface area contributed by atoms with Gasteiger partial charge in [-0.3, -0.25) is 4.79 Å². The number of nitrogens with zero attached hydrogens (tertiary/aromatic N) is 2. The number of carbonyl (C=O) groups is 1. The molecule has 0 unspecified atom stereocenters. The minimum atomic E-state index is -1.28. The van der Waals surface area contributed by atoms with E-state index in [0.29, 0.717) is 22.5 Å². The van der Waals surface area contributed by atoms with Crippen LogP contribution in [-0.4, -0.2) is 25.6 Å². The Labute approximate surface area is 134 Å². The van der Waals surface area contributed by atoms with Gasteiger partial charge in [0.2, 0.25) is 0 Å². The quantitative estimate of drug-likeness (QED) is 0.604. The van der Waals surface area contributed by atoms with E-state index in [1.807, 2.05) is 0 Å². The Morgan fingerprint density at radius 2 is 2.12 bits per heavy atom. The third-order valence-corrected chi connectivity index (χ3v) is 3.76. The van der Waals surface area contributed by atoms with Crippen molar-refractivity contribution in [1.29, 1.82) is 0 Å². The van der Waals surface area contributed by atoms with E-state index in [1.54, 1.807) is 47.3 Å². The molecule has 0 saturated carbocycles. The van der Waals surface area contributed by atoms with Crippen molar-refractivity contribution in [1.82, 2.24) is 14.5 Å². The second-order valence-electron chi connectivity index (χ2n) is 5.17. The zero-order valence-electron chi connectivity index (χ0n) is 12.3. The molecule has 24 heavy (non-hydrogen) atoms. The number of fused-ring (bicyclic) bond motifs is 1. The summed E-state index contributed by atoms with van der Waals surface area (Å²) in [5.74, 6) is -1.28. The first kappa shape index (κ1) is 14.0. The molecule has 4 aromatic rings. The van der Waals surface area contributed by atoms with Crippen LogP contribution in [0.3, 0.4) is 0 Å². The Morgan fingerprint density at radius 1 is 1.25 bits per heavy atom. The van der Waals surface area contributed by atoms with E-state index in [0.717, 1.165) is 0 Å². The van der Waals surface area contributed by atoms with Gasteiger partial charge in [-0.25, -0.2) is 9.78 Å². The van der Waals surface area contributed by atoms with Crippen molar-refractivity contribution < 1.29 is 14.3 Å². The number of benzene rings is 1. The summed E-state index contributed by atoms with van der Waals surface area (Å²) in [5, 5.41) is 9.50. The lowest BCUT2D eigenvalue weighted by Gasteiger charge is -2.14. The number of rotatable bonds is 3. The number of aromatic amines is 1. The molecule has 0 spiro atoms. The molecule has 7 heteroatoms. The van der Waals surface area contributed by atoms with Crippen LogP contribution in [0.1, 0.15) is 10.4 Å². The Kier molecular flexibility index (Phi) is 3.06. The van der Waals surface area contributed by atoms with E-state index in [9.17, 15) is 14.7 Å². The molecule has 0 fully saturated rings. The fourth-order valence-corrected chi connectivity index (χ4v) is 2.69. The summed E-state index contributed by atoms with van der Waals surface area (Å²) in [7, 11) is 0. The van der Waals surface area contributed by atoms with Crippen LogP contribution in [0.25, 0.3) is 28.2 Å². The van der Waals surface area contributed by atoms with E-state index in [4.69, 9.17) is 4.42 Å². The van der Waals surface area contributed by atoms with Crippen LogP contribution in [0.5, 0.6) is 0 Å². The van der Waals surface area contributed by atoms with Crippen molar-refractivity contribution in [3.8, 4) is 17.1 Å². The molecule has 0 saturated heterocycles. The first-order chi connectivity index (χ1) is 11.6. The van der Waals surface area contributed by atoms with E-state index in [2.05, 4.69) is 9.97 Å². The highest BCUT2D eigenvalue weighted by Gasteiger charge is 2.20. The summed E-state index contributed by atoms with van der Waals surface area (Å²) < 4.78 is 6.94. The van der Waals surface area contributed by atoms with Gasteiger partial charge in [0.15, 0.2) is 17.4 Å². The second kappa shape index (κ2) is 5.24. The number of carboxylic acids is 1. The molecule has 0 amide bonds. The number of pyridine rings is 1. The van der Waals surface area contributed by atoms with Gasteiger partial charge in [-0.1, -0.05) is 0 Å². The summed E-state index contributed by atoms with van der Waals surface area (Å²) in [4.78, 5) is 30.8. The monoisotopic (exact) mass is 321 g/mol. The highest BCUT2D eigenvalue weighted by atomic mass is 16.4. The van der Waals surface area contributed by atoms with Crippen molar-refractivity contribution >= 4 is 17.1 Å². The first-order valence-electron chi connectivity index (χ1n) is 7.11. The largest absolute Gasteiger partial charge is 0.477 e. The van der Waals surface area contributed by atoms with E-state index < -0.39 is 11.4 Å². The first-order valence-corrected chi connectivity index (χ1v) is 7.11. The maximum Gasteiger partial charge on any atom is 0.341 e. The van der Waals surface area contributed by atoms with Crippen molar-refractivity contribution in [3.05, 3.63) is 71.0 Å². The number of aromatic carboxylic acids is 1. The average Bonchev–Trinajstić information content (AvgIpc) is 3.25. The molecule has 0 aliphatic heterocycles. The molecule has 3 aromatic heterocycles. The van der Waals surface area contributed by atoms with Gasteiger partial charge >= 0.3 is 5.97 Å². The molecule has 4 rings (SSSR count). The standard InChI is InChI=1S/C17H11N3O4/c21-13-5-7-20(10-3-4-11-14(8-10)24-9-19-11)16(15(13)17(22)23)12-2-1-6-18-12/h1-9,18H,(H,22,23). The van der Waals surface area contributed by atoms with E-state index >= 15 is 0 Å². The van der Waals surface area contributed by atoms with Gasteiger partial charge in [0, 0.05) is 30.2 Å². The molecular formula is C17H11N3O4. The number of oxazole rings is 1. The molecule has 1 aromatic carbocycles. The van der Waals surface area contributed by atoms with Gasteiger partial charge in [0.25, 0.3) is 0 Å². The van der Waals surface area contributed by atoms with E-state index in [-0.39, 0.29) is 11.3 Å². The van der Waals surface area contributed by atoms with Crippen molar-refractivity contribution in [2.75, 3.05) is 0 Å². The summed E-state index contributed by atoms with van der Waals surface area (Å²) >= 11 is 0. The number of hydrogen-bond acceptors (Lipinski definition) is 4. The fourth-order valence-electron chi connectivity index (χ4n) is 2.69. The minimum Gasteiger partial charge on any atom is -0.477 e. The number of aromatic nitrogens is 3. The Hall–Kier alpha value is -3.61. The maximum absolute atomic E-state index is 12.1. The number of hydrogen-bond donors (Lipinski definition) is 2. The molecule has 118 valence electrons. The Morgan fingerprint density at radius 3 is 2.88 bits per heavy atom. The summed E-state index contributed by atoms with van der Waals surface area (Å²) in [6.45, 7) is 0. The fraction of sp³-hybridized carbons (Fsp3) is 0. The maximum atomic E-state index is 12.1. The predicted molar refractivity (Wildman–Crippen MR) is 86.4 cm³/mol. The van der Waals surface area contributed by atoms with Gasteiger partial charge in [-0.05, 0) is 24.3 Å². The molecule has 0 radical (unpaired) electrons. The van der Waals surface area contributed by atoms with Crippen molar-refractivity contribution in [3.63, 3.8) is 0 Å². The van der Waals surface area contributed by atoms with Crippen molar-refractivity contribution in [2.24, 2.45) is 0 Å². The summed E-state index contributed by atoms with van der Waals surface area (Å²) in [6.07, 6.45) is 4.55. The highest BCUT2D eigenvalue weighted by Crippen LogP contribution is 2.25. The minimum absolute atomic E-state index is 0.277. The highest BCUT2D eigenvalue weighted by molar-refractivity contribution is 5.94. The van der Waals surface area contributed by atoms with Crippen LogP contribution in [0.2, 0.25) is 0 Å². The van der Waals surface area contributed by atoms with Crippen LogP contribution in [0.15, 0.2) is 64.4 Å². The second-order valence-corrected chi connectivity index (χ2v) is 5.17. The lowest BCUT2D eigenvalue weighted by atomic mass is 10.1. The molecule has 2 N–H and O–H groups in total. The SMILES string of the molecule is O=C(O)c1c(-c2ccc[nH]2)n(-c2ccc3ncoc3c2)ccc1=O. The summed E-state index contributed by atoms with van der Waals surface area (Å²) in [6, 6.07) is 9.98. The van der Waals surface area contributed by atoms with Crippen molar-refractivity contribution in [2.45, 2.75) is 0 Å². The molecular weight excluding hydrogens is 310 g/mol. The Bertz CT molecular complexity index is 1110. The van der Waals surface area contributed by atoms with Crippen LogP contribution in [0, 0.1) is 0 Å². The number of nitrogens with one attached hydrogen (secondary N) is 1. The molecule has 7 nitrogen and oxygen atoms in total. The summed E-state index contributed by atoms with van der Waals surface area (Å²) in [5.41, 5.74) is 1.88. The third-order valence-electron chi connectivity index (χ3n) is 3.76. The molecule has 0 atom stereocenters. The van der Waals surface area contributed by atoms with Crippen LogP contribution in [0.4, 0.5) is 0 Å². The zero-order valence-corrected chi connectivity index (χ0v) is 12.3. The molecule has 0 aliphatic rings. The zero-order chi connectivity index (χ0) is 16.7. The molecule has 3 heterocycles. The Balaban J connectivity index is 2.06. The lowest BCUT2D eigenvalue weighted by Crippen LogP contribution is -2.19. The van der Waals surface area contributed by atoms with E-state index in [1.165, 1.54) is 12.5 Å². The van der Waals surface area contributed by atoms with Gasteiger partial charge < -0.3 is 19.1 Å². The van der Waals surface area contributed by atoms with Gasteiger partial charge in [0.1, 0.15) is 11.1 Å². The van der Waals surface area contributed by atoms with Crippen LogP contribution < -0.4 is 5.43 Å². The normalized spacial score (nSPS) is 11.0.